The zero-order valence-electron chi connectivity index (χ0n) is 18.5. The average Bonchev–Trinajstić information content (AvgIpc) is 2.71. The molecule has 1 aromatic rings. The monoisotopic (exact) mass is 381 g/mol. The Bertz CT molecular complexity index is 666. The second-order valence-electron chi connectivity index (χ2n) is 9.98. The Balaban J connectivity index is 1.72. The van der Waals surface area contributed by atoms with Crippen molar-refractivity contribution in [1.29, 1.82) is 5.26 Å². The fourth-order valence-corrected chi connectivity index (χ4v) is 5.10. The van der Waals surface area contributed by atoms with Gasteiger partial charge >= 0.3 is 0 Å². The lowest BCUT2D eigenvalue weighted by Crippen LogP contribution is -2.47. The van der Waals surface area contributed by atoms with Gasteiger partial charge in [-0.15, -0.1) is 0 Å². The summed E-state index contributed by atoms with van der Waals surface area (Å²) < 4.78 is 0. The summed E-state index contributed by atoms with van der Waals surface area (Å²) in [6.45, 7) is 15.1. The molecule has 0 unspecified atom stereocenters. The van der Waals surface area contributed by atoms with Crippen molar-refractivity contribution in [3.8, 4) is 6.07 Å². The number of piperazine rings is 1. The highest BCUT2D eigenvalue weighted by Crippen LogP contribution is 2.45. The first kappa shape index (κ1) is 21.2. The minimum Gasteiger partial charge on any atom is -0.369 e. The summed E-state index contributed by atoms with van der Waals surface area (Å²) in [5, 5.41) is 9.45. The van der Waals surface area contributed by atoms with E-state index in [-0.39, 0.29) is 0 Å². The van der Waals surface area contributed by atoms with Crippen LogP contribution < -0.4 is 4.90 Å². The van der Waals surface area contributed by atoms with E-state index in [0.29, 0.717) is 11.3 Å². The molecule has 0 spiro atoms. The second kappa shape index (κ2) is 9.31. The molecule has 0 N–H and O–H groups in total. The van der Waals surface area contributed by atoms with Gasteiger partial charge in [-0.3, -0.25) is 4.90 Å². The quantitative estimate of drug-likeness (QED) is 0.645. The van der Waals surface area contributed by atoms with Gasteiger partial charge in [-0.25, -0.2) is 0 Å². The largest absolute Gasteiger partial charge is 0.369 e. The van der Waals surface area contributed by atoms with Crippen LogP contribution >= 0.6 is 0 Å². The maximum absolute atomic E-state index is 9.45. The lowest BCUT2D eigenvalue weighted by Gasteiger charge is -2.40. The molecular weight excluding hydrogens is 342 g/mol. The maximum atomic E-state index is 9.45. The van der Waals surface area contributed by atoms with Crippen LogP contribution in [-0.4, -0.2) is 37.6 Å². The van der Waals surface area contributed by atoms with Crippen molar-refractivity contribution >= 4 is 5.69 Å². The van der Waals surface area contributed by atoms with Gasteiger partial charge in [0.2, 0.25) is 0 Å². The second-order valence-corrected chi connectivity index (χ2v) is 9.98. The summed E-state index contributed by atoms with van der Waals surface area (Å²) in [7, 11) is 0. The summed E-state index contributed by atoms with van der Waals surface area (Å²) in [5.74, 6) is 1.49. The first-order valence-electron chi connectivity index (χ1n) is 11.4. The average molecular weight is 382 g/mol. The van der Waals surface area contributed by atoms with E-state index in [4.69, 9.17) is 0 Å². The molecule has 0 amide bonds. The summed E-state index contributed by atoms with van der Waals surface area (Å²) in [5.41, 5.74) is 4.06. The van der Waals surface area contributed by atoms with Crippen LogP contribution in [0.4, 0.5) is 5.69 Å². The minimum atomic E-state index is 0.424. The predicted molar refractivity (Wildman–Crippen MR) is 119 cm³/mol. The summed E-state index contributed by atoms with van der Waals surface area (Å²) >= 11 is 0. The molecule has 2 fully saturated rings. The van der Waals surface area contributed by atoms with E-state index in [1.54, 1.807) is 0 Å². The molecule has 154 valence electrons. The van der Waals surface area contributed by atoms with Crippen molar-refractivity contribution < 1.29 is 0 Å². The Kier molecular flexibility index (Phi) is 7.05. The van der Waals surface area contributed by atoms with Gasteiger partial charge in [0.15, 0.2) is 0 Å². The number of anilines is 1. The first-order chi connectivity index (χ1) is 13.4. The van der Waals surface area contributed by atoms with Gasteiger partial charge in [-0.2, -0.15) is 5.26 Å². The number of rotatable bonds is 5. The molecular formula is C25H39N3. The number of unbranched alkanes of at least 4 members (excludes halogenated alkanes) is 1. The Labute approximate surface area is 172 Å². The molecule has 28 heavy (non-hydrogen) atoms. The smallest absolute Gasteiger partial charge is 0.0992 e. The maximum Gasteiger partial charge on any atom is 0.0992 e. The van der Waals surface area contributed by atoms with E-state index in [2.05, 4.69) is 55.7 Å². The first-order valence-corrected chi connectivity index (χ1v) is 11.4. The van der Waals surface area contributed by atoms with Gasteiger partial charge in [-0.05, 0) is 73.6 Å². The van der Waals surface area contributed by atoms with Crippen molar-refractivity contribution in [2.24, 2.45) is 11.3 Å². The fraction of sp³-hybridized carbons (Fsp3) is 0.720. The van der Waals surface area contributed by atoms with Gasteiger partial charge < -0.3 is 4.90 Å². The fourth-order valence-electron chi connectivity index (χ4n) is 5.10. The third kappa shape index (κ3) is 5.09. The van der Waals surface area contributed by atoms with Crippen LogP contribution in [0.2, 0.25) is 0 Å². The molecule has 1 aliphatic carbocycles. The lowest BCUT2D eigenvalue weighted by molar-refractivity contribution is 0.169. The van der Waals surface area contributed by atoms with Crippen molar-refractivity contribution in [3.05, 3.63) is 29.3 Å². The van der Waals surface area contributed by atoms with Crippen LogP contribution in [0.5, 0.6) is 0 Å². The van der Waals surface area contributed by atoms with Gasteiger partial charge in [0.05, 0.1) is 11.6 Å². The van der Waals surface area contributed by atoms with E-state index >= 15 is 0 Å². The molecule has 3 nitrogen and oxygen atoms in total. The molecule has 3 heteroatoms. The molecule has 0 aromatic heterocycles. The third-order valence-electron chi connectivity index (χ3n) is 7.09. The van der Waals surface area contributed by atoms with Crippen LogP contribution in [0.3, 0.4) is 0 Å². The van der Waals surface area contributed by atoms with Crippen molar-refractivity contribution in [3.63, 3.8) is 0 Å². The van der Waals surface area contributed by atoms with Crippen molar-refractivity contribution in [2.45, 2.75) is 72.1 Å². The summed E-state index contributed by atoms with van der Waals surface area (Å²) in [4.78, 5) is 5.15. The molecule has 1 aromatic carbocycles. The Morgan fingerprint density at radius 1 is 1.04 bits per heavy atom. The lowest BCUT2D eigenvalue weighted by atomic mass is 9.68. The van der Waals surface area contributed by atoms with Crippen LogP contribution in [0.25, 0.3) is 0 Å². The SMILES string of the molecule is CCCCN1CCN(c2cc(C#N)ccc2[C@H]2CC[C@@H](C(C)(C)C)CC2)CC1. The topological polar surface area (TPSA) is 30.3 Å². The highest BCUT2D eigenvalue weighted by molar-refractivity contribution is 5.59. The molecule has 1 saturated carbocycles. The van der Waals surface area contributed by atoms with E-state index < -0.39 is 0 Å². The molecule has 1 aliphatic heterocycles. The Hall–Kier alpha value is -1.53. The van der Waals surface area contributed by atoms with Crippen LogP contribution in [0.15, 0.2) is 18.2 Å². The van der Waals surface area contributed by atoms with Crippen molar-refractivity contribution in [2.75, 3.05) is 37.6 Å². The molecule has 1 heterocycles. The van der Waals surface area contributed by atoms with Crippen LogP contribution in [0.1, 0.15) is 83.3 Å². The summed E-state index contributed by atoms with van der Waals surface area (Å²) in [6, 6.07) is 8.82. The molecule has 0 radical (unpaired) electrons. The molecule has 2 aliphatic rings. The zero-order chi connectivity index (χ0) is 20.1. The molecule has 1 saturated heterocycles. The number of hydrogen-bond donors (Lipinski definition) is 0. The number of benzene rings is 1. The normalized spacial score (nSPS) is 24.2. The summed E-state index contributed by atoms with van der Waals surface area (Å²) in [6.07, 6.45) is 7.81. The van der Waals surface area contributed by atoms with E-state index in [1.165, 1.54) is 56.3 Å². The molecule has 0 bridgehead atoms. The standard InChI is InChI=1S/C25H39N3/c1-5-6-13-27-14-16-28(17-15-27)24-18-20(19-26)7-12-23(24)21-8-10-22(11-9-21)25(2,3)4/h7,12,18,21-22H,5-6,8-11,13-17H2,1-4H3/t21-,22+. The Morgan fingerprint density at radius 3 is 2.29 bits per heavy atom. The van der Waals surface area contributed by atoms with Crippen LogP contribution in [0, 0.1) is 22.7 Å². The van der Waals surface area contributed by atoms with Gasteiger partial charge in [-0.1, -0.05) is 40.2 Å². The highest BCUT2D eigenvalue weighted by atomic mass is 15.3. The zero-order valence-corrected chi connectivity index (χ0v) is 18.5. The number of hydrogen-bond acceptors (Lipinski definition) is 3. The van der Waals surface area contributed by atoms with Crippen molar-refractivity contribution in [1.82, 2.24) is 4.90 Å². The Morgan fingerprint density at radius 2 is 1.71 bits per heavy atom. The van der Waals surface area contributed by atoms with Crippen LogP contribution in [-0.2, 0) is 0 Å². The number of nitriles is 1. The highest BCUT2D eigenvalue weighted by Gasteiger charge is 2.32. The van der Waals surface area contributed by atoms with Gasteiger partial charge in [0.1, 0.15) is 0 Å². The molecule has 0 atom stereocenters. The van der Waals surface area contributed by atoms with Gasteiger partial charge in [0, 0.05) is 31.9 Å². The third-order valence-corrected chi connectivity index (χ3v) is 7.09. The molecule has 3 rings (SSSR count). The van der Waals surface area contributed by atoms with E-state index in [0.717, 1.165) is 37.7 Å². The predicted octanol–water partition coefficient (Wildman–Crippen LogP) is 5.80. The number of nitrogens with zero attached hydrogens (tertiary/aromatic N) is 3. The van der Waals surface area contributed by atoms with E-state index in [9.17, 15) is 5.26 Å². The minimum absolute atomic E-state index is 0.424. The van der Waals surface area contributed by atoms with E-state index in [1.807, 2.05) is 6.07 Å². The van der Waals surface area contributed by atoms with Gasteiger partial charge in [0.25, 0.3) is 0 Å².